The fourth-order valence-electron chi connectivity index (χ4n) is 3.64. The molecule has 1 amide bonds. The van der Waals surface area contributed by atoms with Crippen LogP contribution in [0.25, 0.3) is 11.1 Å². The molecule has 0 aliphatic carbocycles. The van der Waals surface area contributed by atoms with Gasteiger partial charge in [0, 0.05) is 25.7 Å². The zero-order chi connectivity index (χ0) is 16.9. The second-order valence-electron chi connectivity index (χ2n) is 6.87. The van der Waals surface area contributed by atoms with Gasteiger partial charge in [0.05, 0.1) is 0 Å². The summed E-state index contributed by atoms with van der Waals surface area (Å²) in [7, 11) is 4.09. The number of rotatable bonds is 4. The van der Waals surface area contributed by atoms with E-state index in [1.807, 2.05) is 54.4 Å². The third-order valence-electron chi connectivity index (χ3n) is 4.84. The first-order valence-corrected chi connectivity index (χ1v) is 8.73. The predicted molar refractivity (Wildman–Crippen MR) is 99.1 cm³/mol. The van der Waals surface area contributed by atoms with E-state index in [2.05, 4.69) is 24.1 Å². The Balaban J connectivity index is 1.77. The highest BCUT2D eigenvalue weighted by atomic mass is 16.2. The van der Waals surface area contributed by atoms with Crippen LogP contribution >= 0.6 is 0 Å². The number of likely N-dealkylation sites (tertiary alicyclic amines) is 1. The van der Waals surface area contributed by atoms with Crippen LogP contribution < -0.4 is 0 Å². The molecule has 0 saturated carbocycles. The zero-order valence-corrected chi connectivity index (χ0v) is 14.6. The van der Waals surface area contributed by atoms with E-state index in [1.165, 1.54) is 19.4 Å². The average Bonchev–Trinajstić information content (AvgIpc) is 2.62. The van der Waals surface area contributed by atoms with Gasteiger partial charge in [-0.05, 0) is 49.5 Å². The number of piperidine rings is 1. The number of amides is 1. The van der Waals surface area contributed by atoms with E-state index in [4.69, 9.17) is 0 Å². The molecular formula is C21H26N2O. The second-order valence-corrected chi connectivity index (χ2v) is 6.87. The van der Waals surface area contributed by atoms with E-state index < -0.39 is 0 Å². The fourth-order valence-corrected chi connectivity index (χ4v) is 3.64. The van der Waals surface area contributed by atoms with Crippen LogP contribution in [0.5, 0.6) is 0 Å². The molecule has 0 radical (unpaired) electrons. The van der Waals surface area contributed by atoms with Gasteiger partial charge in [-0.2, -0.15) is 0 Å². The normalized spacial score (nSPS) is 18.3. The highest BCUT2D eigenvalue weighted by Crippen LogP contribution is 2.25. The van der Waals surface area contributed by atoms with Gasteiger partial charge in [0.1, 0.15) is 0 Å². The lowest BCUT2D eigenvalue weighted by atomic mass is 9.96. The molecule has 3 heteroatoms. The van der Waals surface area contributed by atoms with Gasteiger partial charge < -0.3 is 9.80 Å². The van der Waals surface area contributed by atoms with E-state index in [0.717, 1.165) is 29.8 Å². The lowest BCUT2D eigenvalue weighted by Gasteiger charge is -2.32. The van der Waals surface area contributed by atoms with Crippen LogP contribution in [-0.4, -0.2) is 49.4 Å². The lowest BCUT2D eigenvalue weighted by Crippen LogP contribution is -2.40. The lowest BCUT2D eigenvalue weighted by molar-refractivity contribution is 0.0741. The zero-order valence-electron chi connectivity index (χ0n) is 14.6. The van der Waals surface area contributed by atoms with E-state index in [9.17, 15) is 4.79 Å². The van der Waals surface area contributed by atoms with Crippen LogP contribution in [0.1, 0.15) is 23.2 Å². The summed E-state index contributed by atoms with van der Waals surface area (Å²) in [6.07, 6.45) is 2.44. The van der Waals surface area contributed by atoms with Crippen molar-refractivity contribution in [3.8, 4) is 11.1 Å². The highest BCUT2D eigenvalue weighted by Gasteiger charge is 2.22. The number of benzene rings is 2. The molecule has 0 aromatic heterocycles. The van der Waals surface area contributed by atoms with Crippen molar-refractivity contribution in [1.29, 1.82) is 0 Å². The minimum atomic E-state index is 0.114. The fraction of sp³-hybridized carbons (Fsp3) is 0.381. The van der Waals surface area contributed by atoms with E-state index >= 15 is 0 Å². The smallest absolute Gasteiger partial charge is 0.254 e. The molecule has 1 saturated heterocycles. The first kappa shape index (κ1) is 16.7. The topological polar surface area (TPSA) is 23.6 Å². The Morgan fingerprint density at radius 2 is 1.83 bits per heavy atom. The average molecular weight is 322 g/mol. The molecule has 126 valence electrons. The molecule has 1 aliphatic heterocycles. The van der Waals surface area contributed by atoms with Crippen molar-refractivity contribution in [1.82, 2.24) is 9.80 Å². The second kappa shape index (κ2) is 7.63. The Hall–Kier alpha value is -2.13. The van der Waals surface area contributed by atoms with Gasteiger partial charge in [-0.3, -0.25) is 4.79 Å². The molecule has 1 atom stereocenters. The molecule has 0 unspecified atom stereocenters. The van der Waals surface area contributed by atoms with Crippen molar-refractivity contribution in [2.75, 3.05) is 33.7 Å². The number of hydrogen-bond acceptors (Lipinski definition) is 2. The summed E-state index contributed by atoms with van der Waals surface area (Å²) in [6, 6.07) is 18.1. The summed E-state index contributed by atoms with van der Waals surface area (Å²) >= 11 is 0. The van der Waals surface area contributed by atoms with E-state index in [1.54, 1.807) is 0 Å². The molecule has 3 nitrogen and oxygen atoms in total. The van der Waals surface area contributed by atoms with E-state index in [-0.39, 0.29) is 5.91 Å². The van der Waals surface area contributed by atoms with E-state index in [0.29, 0.717) is 5.92 Å². The molecule has 24 heavy (non-hydrogen) atoms. The summed E-state index contributed by atoms with van der Waals surface area (Å²) in [5, 5.41) is 0. The molecule has 0 bridgehead atoms. The van der Waals surface area contributed by atoms with Crippen LogP contribution in [0.2, 0.25) is 0 Å². The largest absolute Gasteiger partial charge is 0.341 e. The Bertz CT molecular complexity index is 683. The van der Waals surface area contributed by atoms with Crippen molar-refractivity contribution in [3.63, 3.8) is 0 Å². The third kappa shape index (κ3) is 3.85. The van der Waals surface area contributed by atoms with Crippen LogP contribution in [0.3, 0.4) is 0 Å². The van der Waals surface area contributed by atoms with Gasteiger partial charge in [0.15, 0.2) is 0 Å². The van der Waals surface area contributed by atoms with Crippen LogP contribution in [-0.2, 0) is 0 Å². The molecule has 1 fully saturated rings. The molecule has 0 spiro atoms. The monoisotopic (exact) mass is 322 g/mol. The molecular weight excluding hydrogens is 296 g/mol. The molecule has 1 aliphatic rings. The van der Waals surface area contributed by atoms with Crippen LogP contribution in [0.4, 0.5) is 0 Å². The summed E-state index contributed by atoms with van der Waals surface area (Å²) in [5.41, 5.74) is 2.89. The van der Waals surface area contributed by atoms with Crippen molar-refractivity contribution < 1.29 is 4.79 Å². The summed E-state index contributed by atoms with van der Waals surface area (Å²) < 4.78 is 0. The van der Waals surface area contributed by atoms with Crippen molar-refractivity contribution in [3.05, 3.63) is 60.2 Å². The molecule has 2 aromatic rings. The van der Waals surface area contributed by atoms with Gasteiger partial charge in [0.2, 0.25) is 0 Å². The quantitative estimate of drug-likeness (QED) is 0.855. The SMILES string of the molecule is CN1CCC[C@H](CN(C)C(=O)c2ccccc2-c2ccccc2)C1. The summed E-state index contributed by atoms with van der Waals surface area (Å²) in [5.74, 6) is 0.685. The highest BCUT2D eigenvalue weighted by molar-refractivity contribution is 6.00. The van der Waals surface area contributed by atoms with Crippen LogP contribution in [0, 0.1) is 5.92 Å². The first-order chi connectivity index (χ1) is 11.6. The maximum atomic E-state index is 13.0. The van der Waals surface area contributed by atoms with Gasteiger partial charge in [-0.15, -0.1) is 0 Å². The molecule has 3 rings (SSSR count). The van der Waals surface area contributed by atoms with Crippen molar-refractivity contribution in [2.24, 2.45) is 5.92 Å². The number of carbonyl (C=O) groups is 1. The van der Waals surface area contributed by atoms with Gasteiger partial charge in [-0.25, -0.2) is 0 Å². The Morgan fingerprint density at radius 3 is 2.58 bits per heavy atom. The van der Waals surface area contributed by atoms with Crippen molar-refractivity contribution >= 4 is 5.91 Å². The molecule has 2 aromatic carbocycles. The number of carbonyl (C=O) groups excluding carboxylic acids is 1. The molecule has 0 N–H and O–H groups in total. The minimum Gasteiger partial charge on any atom is -0.341 e. The number of hydrogen-bond donors (Lipinski definition) is 0. The van der Waals surface area contributed by atoms with Crippen LogP contribution in [0.15, 0.2) is 54.6 Å². The Labute approximate surface area is 144 Å². The van der Waals surface area contributed by atoms with Gasteiger partial charge in [-0.1, -0.05) is 48.5 Å². The van der Waals surface area contributed by atoms with Gasteiger partial charge in [0.25, 0.3) is 5.91 Å². The standard InChI is InChI=1S/C21H26N2O/c1-22-14-8-9-17(15-22)16-23(2)21(24)20-13-7-6-12-19(20)18-10-4-3-5-11-18/h3-7,10-13,17H,8-9,14-16H2,1-2H3/t17-/m0/s1. The molecule has 1 heterocycles. The predicted octanol–water partition coefficient (Wildman–Crippen LogP) is 3.77. The van der Waals surface area contributed by atoms with Gasteiger partial charge >= 0.3 is 0 Å². The number of nitrogens with zero attached hydrogens (tertiary/aromatic N) is 2. The summed E-state index contributed by atoms with van der Waals surface area (Å²) in [6.45, 7) is 3.08. The Kier molecular flexibility index (Phi) is 5.31. The van der Waals surface area contributed by atoms with Crippen molar-refractivity contribution in [2.45, 2.75) is 12.8 Å². The Morgan fingerprint density at radius 1 is 1.12 bits per heavy atom. The maximum Gasteiger partial charge on any atom is 0.254 e. The maximum absolute atomic E-state index is 13.0. The first-order valence-electron chi connectivity index (χ1n) is 8.73. The summed E-state index contributed by atoms with van der Waals surface area (Å²) in [4.78, 5) is 17.3. The third-order valence-corrected chi connectivity index (χ3v) is 4.84. The minimum absolute atomic E-state index is 0.114.